The van der Waals surface area contributed by atoms with Crippen molar-refractivity contribution in [1.82, 2.24) is 4.72 Å². The van der Waals surface area contributed by atoms with Crippen molar-refractivity contribution in [2.45, 2.75) is 11.4 Å². The molecule has 0 fully saturated rings. The molecule has 4 nitrogen and oxygen atoms in total. The lowest BCUT2D eigenvalue weighted by atomic mass is 10.2. The van der Waals surface area contributed by atoms with Gasteiger partial charge in [0.05, 0.1) is 12.1 Å². The fourth-order valence-corrected chi connectivity index (χ4v) is 3.23. The van der Waals surface area contributed by atoms with Gasteiger partial charge in [-0.05, 0) is 17.7 Å². The van der Waals surface area contributed by atoms with E-state index in [1.807, 2.05) is 30.3 Å². The van der Waals surface area contributed by atoms with Crippen LogP contribution in [0.3, 0.4) is 0 Å². The van der Waals surface area contributed by atoms with Crippen LogP contribution in [0, 0.1) is 0 Å². The van der Waals surface area contributed by atoms with Crippen molar-refractivity contribution in [3.05, 3.63) is 59.1 Å². The number of ether oxygens (including phenoxy) is 1. The van der Waals surface area contributed by atoms with Gasteiger partial charge >= 0.3 is 0 Å². The minimum Gasteiger partial charge on any atom is -0.497 e. The largest absolute Gasteiger partial charge is 0.497 e. The Balaban J connectivity index is 2.18. The van der Waals surface area contributed by atoms with Crippen molar-refractivity contribution >= 4 is 21.6 Å². The highest BCUT2D eigenvalue weighted by molar-refractivity contribution is 7.89. The van der Waals surface area contributed by atoms with Crippen LogP contribution in [0.25, 0.3) is 0 Å². The van der Waals surface area contributed by atoms with Crippen molar-refractivity contribution in [1.29, 1.82) is 0 Å². The normalized spacial score (nSPS) is 11.3. The molecule has 20 heavy (non-hydrogen) atoms. The molecule has 2 aromatic carbocycles. The molecule has 0 aliphatic heterocycles. The van der Waals surface area contributed by atoms with Crippen LogP contribution in [0.4, 0.5) is 0 Å². The van der Waals surface area contributed by atoms with Gasteiger partial charge in [0.15, 0.2) is 0 Å². The van der Waals surface area contributed by atoms with Crippen molar-refractivity contribution in [3.8, 4) is 5.75 Å². The topological polar surface area (TPSA) is 55.4 Å². The molecule has 0 spiro atoms. The van der Waals surface area contributed by atoms with Crippen LogP contribution in [-0.4, -0.2) is 15.5 Å². The Morgan fingerprint density at radius 1 is 1.15 bits per heavy atom. The molecule has 0 atom stereocenters. The molecule has 0 heterocycles. The van der Waals surface area contributed by atoms with Gasteiger partial charge in [0, 0.05) is 12.6 Å². The number of sulfonamides is 1. The van der Waals surface area contributed by atoms with Gasteiger partial charge in [0.25, 0.3) is 0 Å². The average Bonchev–Trinajstić information content (AvgIpc) is 2.46. The van der Waals surface area contributed by atoms with Gasteiger partial charge in [0.2, 0.25) is 10.0 Å². The van der Waals surface area contributed by atoms with Crippen molar-refractivity contribution in [2.24, 2.45) is 0 Å². The predicted molar refractivity (Wildman–Crippen MR) is 78.5 cm³/mol. The molecule has 0 unspecified atom stereocenters. The monoisotopic (exact) mass is 311 g/mol. The highest BCUT2D eigenvalue weighted by Gasteiger charge is 2.18. The molecule has 1 N–H and O–H groups in total. The lowest BCUT2D eigenvalue weighted by Crippen LogP contribution is -2.23. The molecule has 0 saturated carbocycles. The van der Waals surface area contributed by atoms with Crippen LogP contribution < -0.4 is 9.46 Å². The van der Waals surface area contributed by atoms with Crippen molar-refractivity contribution < 1.29 is 13.2 Å². The molecule has 0 amide bonds. The lowest BCUT2D eigenvalue weighted by Gasteiger charge is -2.09. The summed E-state index contributed by atoms with van der Waals surface area (Å²) in [6.45, 7) is 0.214. The minimum absolute atomic E-state index is 0.0379. The summed E-state index contributed by atoms with van der Waals surface area (Å²) in [5.74, 6) is 0.511. The van der Waals surface area contributed by atoms with E-state index in [2.05, 4.69) is 4.72 Å². The molecular formula is C14H14ClNO3S. The van der Waals surface area contributed by atoms with Crippen molar-refractivity contribution in [2.75, 3.05) is 7.11 Å². The number of hydrogen-bond acceptors (Lipinski definition) is 3. The Bertz CT molecular complexity index is 687. The molecule has 6 heteroatoms. The Labute approximate surface area is 123 Å². The summed E-state index contributed by atoms with van der Waals surface area (Å²) in [7, 11) is -2.16. The molecule has 106 valence electrons. The van der Waals surface area contributed by atoms with Crippen LogP contribution >= 0.6 is 11.6 Å². The van der Waals surface area contributed by atoms with E-state index in [4.69, 9.17) is 16.3 Å². The molecular weight excluding hydrogens is 298 g/mol. The first-order chi connectivity index (χ1) is 9.53. The molecule has 0 aromatic heterocycles. The molecule has 0 aliphatic carbocycles. The second-order valence-electron chi connectivity index (χ2n) is 4.11. The molecule has 2 rings (SSSR count). The lowest BCUT2D eigenvalue weighted by molar-refractivity contribution is 0.414. The second kappa shape index (κ2) is 6.26. The summed E-state index contributed by atoms with van der Waals surface area (Å²) in [6, 6.07) is 13.7. The van der Waals surface area contributed by atoms with E-state index < -0.39 is 10.0 Å². The number of halogens is 1. The van der Waals surface area contributed by atoms with Crippen LogP contribution in [-0.2, 0) is 16.6 Å². The summed E-state index contributed by atoms with van der Waals surface area (Å²) < 4.78 is 31.9. The minimum atomic E-state index is -3.65. The third kappa shape index (κ3) is 3.50. The highest BCUT2D eigenvalue weighted by atomic mass is 35.5. The number of benzene rings is 2. The summed E-state index contributed by atoms with van der Waals surface area (Å²) in [5, 5.41) is 0.130. The van der Waals surface area contributed by atoms with E-state index in [1.54, 1.807) is 6.07 Å². The Kier molecular flexibility index (Phi) is 4.65. The first kappa shape index (κ1) is 14.8. The van der Waals surface area contributed by atoms with E-state index >= 15 is 0 Å². The Morgan fingerprint density at radius 3 is 2.45 bits per heavy atom. The summed E-state index contributed by atoms with van der Waals surface area (Å²) in [6.07, 6.45) is 0. The van der Waals surface area contributed by atoms with Gasteiger partial charge < -0.3 is 4.74 Å². The molecule has 0 saturated heterocycles. The fourth-order valence-electron chi connectivity index (χ4n) is 1.68. The number of hydrogen-bond donors (Lipinski definition) is 1. The van der Waals surface area contributed by atoms with E-state index in [0.717, 1.165) is 5.56 Å². The average molecular weight is 312 g/mol. The maximum atomic E-state index is 12.2. The van der Waals surface area contributed by atoms with E-state index in [-0.39, 0.29) is 16.5 Å². The molecule has 0 bridgehead atoms. The maximum Gasteiger partial charge on any atom is 0.242 e. The third-order valence-corrected chi connectivity index (χ3v) is 4.62. The maximum absolute atomic E-state index is 12.2. The Hall–Kier alpha value is -1.56. The van der Waals surface area contributed by atoms with Gasteiger partial charge in [-0.3, -0.25) is 0 Å². The van der Waals surface area contributed by atoms with Crippen molar-refractivity contribution in [3.63, 3.8) is 0 Å². The van der Waals surface area contributed by atoms with Gasteiger partial charge in [-0.25, -0.2) is 13.1 Å². The van der Waals surface area contributed by atoms with E-state index in [0.29, 0.717) is 5.75 Å². The zero-order chi connectivity index (χ0) is 14.6. The standard InChI is InChI=1S/C14H14ClNO3S/c1-19-12-7-8-14(13(15)9-12)20(17,18)16-10-11-5-3-2-4-6-11/h2-9,16H,10H2,1H3. The van der Waals surface area contributed by atoms with E-state index in [9.17, 15) is 8.42 Å². The van der Waals surface area contributed by atoms with Crippen LogP contribution in [0.15, 0.2) is 53.4 Å². The fraction of sp³-hybridized carbons (Fsp3) is 0.143. The van der Waals surface area contributed by atoms with Gasteiger partial charge in [-0.1, -0.05) is 41.9 Å². The predicted octanol–water partition coefficient (Wildman–Crippen LogP) is 2.83. The smallest absolute Gasteiger partial charge is 0.242 e. The quantitative estimate of drug-likeness (QED) is 0.924. The second-order valence-corrected chi connectivity index (χ2v) is 6.25. The number of nitrogens with one attached hydrogen (secondary N) is 1. The SMILES string of the molecule is COc1ccc(S(=O)(=O)NCc2ccccc2)c(Cl)c1. The summed E-state index contributed by atoms with van der Waals surface area (Å²) >= 11 is 5.98. The summed E-state index contributed by atoms with van der Waals surface area (Å²) in [5.41, 5.74) is 0.876. The number of methoxy groups -OCH3 is 1. The number of rotatable bonds is 5. The highest BCUT2D eigenvalue weighted by Crippen LogP contribution is 2.26. The first-order valence-corrected chi connectivity index (χ1v) is 7.76. The van der Waals surface area contributed by atoms with Gasteiger partial charge in [-0.15, -0.1) is 0 Å². The Morgan fingerprint density at radius 2 is 1.85 bits per heavy atom. The molecule has 2 aromatic rings. The van der Waals surface area contributed by atoms with Crippen LogP contribution in [0.2, 0.25) is 5.02 Å². The zero-order valence-corrected chi connectivity index (χ0v) is 12.4. The van der Waals surface area contributed by atoms with Crippen LogP contribution in [0.5, 0.6) is 5.75 Å². The molecule has 0 aliphatic rings. The van der Waals surface area contributed by atoms with Gasteiger partial charge in [-0.2, -0.15) is 0 Å². The first-order valence-electron chi connectivity index (χ1n) is 5.90. The summed E-state index contributed by atoms with van der Waals surface area (Å²) in [4.78, 5) is 0.0379. The van der Waals surface area contributed by atoms with E-state index in [1.165, 1.54) is 19.2 Å². The zero-order valence-electron chi connectivity index (χ0n) is 10.8. The van der Waals surface area contributed by atoms with Crippen LogP contribution in [0.1, 0.15) is 5.56 Å². The van der Waals surface area contributed by atoms with Gasteiger partial charge in [0.1, 0.15) is 10.6 Å². The molecule has 0 radical (unpaired) electrons. The third-order valence-electron chi connectivity index (χ3n) is 2.74.